The number of halogens is 1. The Hall–Kier alpha value is 0.545. The van der Waals surface area contributed by atoms with Crippen molar-refractivity contribution in [2.75, 3.05) is 5.33 Å². The smallest absolute Gasteiger partial charge is 0.0653 e. The van der Waals surface area contributed by atoms with Gasteiger partial charge in [-0.15, -0.1) is 0 Å². The monoisotopic (exact) mass is 258 g/mol. The van der Waals surface area contributed by atoms with Gasteiger partial charge in [0.15, 0.2) is 0 Å². The van der Waals surface area contributed by atoms with Crippen molar-refractivity contribution in [2.24, 2.45) is 0 Å². The maximum Gasteiger partial charge on any atom is 0.0653 e. The molecule has 0 nitrogen and oxygen atoms in total. The molecule has 0 spiro atoms. The highest BCUT2D eigenvalue weighted by Gasteiger charge is 1.91. The lowest BCUT2D eigenvalue weighted by Gasteiger charge is -2.01. The highest BCUT2D eigenvalue weighted by Crippen LogP contribution is 2.11. The van der Waals surface area contributed by atoms with Crippen molar-refractivity contribution in [3.8, 4) is 0 Å². The van der Waals surface area contributed by atoms with Crippen LogP contribution in [0.5, 0.6) is 0 Å². The van der Waals surface area contributed by atoms with Crippen molar-refractivity contribution in [1.29, 1.82) is 0 Å². The molecule has 0 aromatic carbocycles. The molecule has 0 heterocycles. The van der Waals surface area contributed by atoms with E-state index in [4.69, 9.17) is 7.85 Å². The van der Waals surface area contributed by atoms with Crippen LogP contribution in [0.25, 0.3) is 0 Å². The second kappa shape index (κ2) is 13.5. The van der Waals surface area contributed by atoms with Crippen LogP contribution in [0.3, 0.4) is 0 Å². The molecule has 82 valence electrons. The summed E-state index contributed by atoms with van der Waals surface area (Å²) in [7, 11) is 5.43. The molecule has 0 N–H and O–H groups in total. The number of hydrogen-bond acceptors (Lipinski definition) is 0. The van der Waals surface area contributed by atoms with E-state index in [0.29, 0.717) is 0 Å². The summed E-state index contributed by atoms with van der Waals surface area (Å²) >= 11 is 3.46. The van der Waals surface area contributed by atoms with Gasteiger partial charge in [0.1, 0.15) is 0 Å². The van der Waals surface area contributed by atoms with E-state index in [9.17, 15) is 0 Å². The number of alkyl halides is 1. The molecule has 0 fully saturated rings. The van der Waals surface area contributed by atoms with Gasteiger partial charge in [-0.05, 0) is 6.42 Å². The Morgan fingerprint density at radius 2 is 0.929 bits per heavy atom. The summed E-state index contributed by atoms with van der Waals surface area (Å²) in [4.78, 5) is 0. The van der Waals surface area contributed by atoms with E-state index in [1.165, 1.54) is 69.5 Å². The second-order valence-electron chi connectivity index (χ2n) is 4.01. The Labute approximate surface area is 99.8 Å². The third-order valence-electron chi connectivity index (χ3n) is 2.59. The molecule has 0 aliphatic heterocycles. The zero-order chi connectivity index (χ0) is 10.5. The summed E-state index contributed by atoms with van der Waals surface area (Å²) in [5, 5.41) is 1.17. The van der Waals surface area contributed by atoms with Crippen molar-refractivity contribution in [1.82, 2.24) is 0 Å². The minimum Gasteiger partial charge on any atom is -0.0928 e. The molecule has 0 aliphatic carbocycles. The summed E-state index contributed by atoms with van der Waals surface area (Å²) in [6.07, 6.45) is 14.7. The SMILES string of the molecule is [B]CCCCCCCCCCCCBr. The fourth-order valence-electron chi connectivity index (χ4n) is 1.65. The summed E-state index contributed by atoms with van der Waals surface area (Å²) in [5.41, 5.74) is 0. The highest BCUT2D eigenvalue weighted by molar-refractivity contribution is 9.09. The maximum atomic E-state index is 5.43. The predicted molar refractivity (Wildman–Crippen MR) is 70.5 cm³/mol. The van der Waals surface area contributed by atoms with Gasteiger partial charge in [0.25, 0.3) is 0 Å². The molecule has 0 aromatic heterocycles. The third kappa shape index (κ3) is 12.5. The Morgan fingerprint density at radius 1 is 0.571 bits per heavy atom. The Kier molecular flexibility index (Phi) is 14.1. The molecular weight excluding hydrogens is 235 g/mol. The van der Waals surface area contributed by atoms with Gasteiger partial charge in [-0.3, -0.25) is 0 Å². The zero-order valence-corrected chi connectivity index (χ0v) is 11.0. The van der Waals surface area contributed by atoms with Gasteiger partial charge < -0.3 is 0 Å². The van der Waals surface area contributed by atoms with Crippen molar-refractivity contribution < 1.29 is 0 Å². The molecule has 2 radical (unpaired) electrons. The molecule has 0 amide bonds. The quantitative estimate of drug-likeness (QED) is 0.282. The first kappa shape index (κ1) is 14.5. The first-order chi connectivity index (χ1) is 6.91. The number of rotatable bonds is 11. The standard InChI is InChI=1S/C12H24BBr/c13-11-9-7-5-3-1-2-4-6-8-10-12-14/h1-12H2. The van der Waals surface area contributed by atoms with Gasteiger partial charge in [-0.25, -0.2) is 0 Å². The van der Waals surface area contributed by atoms with E-state index in [2.05, 4.69) is 15.9 Å². The molecular formula is C12H24BBr. The molecule has 0 unspecified atom stereocenters. The third-order valence-corrected chi connectivity index (χ3v) is 3.15. The van der Waals surface area contributed by atoms with Crippen LogP contribution >= 0.6 is 15.9 Å². The lowest BCUT2D eigenvalue weighted by molar-refractivity contribution is 0.563. The topological polar surface area (TPSA) is 0 Å². The average molecular weight is 259 g/mol. The summed E-state index contributed by atoms with van der Waals surface area (Å²) < 4.78 is 0. The van der Waals surface area contributed by atoms with Crippen LogP contribution in [-0.4, -0.2) is 13.2 Å². The first-order valence-corrected chi connectivity index (χ1v) is 7.30. The number of unbranched alkanes of at least 4 members (excludes halogenated alkanes) is 9. The van der Waals surface area contributed by atoms with Crippen LogP contribution in [0.15, 0.2) is 0 Å². The van der Waals surface area contributed by atoms with Gasteiger partial charge in [-0.2, -0.15) is 0 Å². The van der Waals surface area contributed by atoms with Crippen molar-refractivity contribution >= 4 is 23.8 Å². The predicted octanol–water partition coefficient (Wildman–Crippen LogP) is 4.87. The summed E-state index contributed by atoms with van der Waals surface area (Å²) in [6.45, 7) is 0. The molecule has 14 heavy (non-hydrogen) atoms. The van der Waals surface area contributed by atoms with E-state index in [1.54, 1.807) is 0 Å². The highest BCUT2D eigenvalue weighted by atomic mass is 79.9. The normalized spacial score (nSPS) is 10.6. The maximum absolute atomic E-state index is 5.43. The molecule has 0 aliphatic rings. The van der Waals surface area contributed by atoms with Crippen LogP contribution < -0.4 is 0 Å². The van der Waals surface area contributed by atoms with Crippen LogP contribution in [0.2, 0.25) is 6.32 Å². The Balaban J connectivity index is 2.78. The molecule has 0 saturated carbocycles. The first-order valence-electron chi connectivity index (χ1n) is 6.18. The molecule has 0 saturated heterocycles. The van der Waals surface area contributed by atoms with Gasteiger partial charge in [0.05, 0.1) is 7.85 Å². The molecule has 0 aromatic rings. The number of hydrogen-bond donors (Lipinski definition) is 0. The van der Waals surface area contributed by atoms with E-state index in [1.807, 2.05) is 0 Å². The Bertz CT molecular complexity index is 84.3. The van der Waals surface area contributed by atoms with E-state index >= 15 is 0 Å². The average Bonchev–Trinajstić information content (AvgIpc) is 2.21. The van der Waals surface area contributed by atoms with E-state index in [0.717, 1.165) is 6.32 Å². The fourth-order valence-corrected chi connectivity index (χ4v) is 2.05. The molecule has 0 bridgehead atoms. The molecule has 0 rings (SSSR count). The minimum atomic E-state index is 0.868. The lowest BCUT2D eigenvalue weighted by atomic mass is 9.98. The van der Waals surface area contributed by atoms with Crippen LogP contribution in [0.4, 0.5) is 0 Å². The van der Waals surface area contributed by atoms with Crippen molar-refractivity contribution in [3.05, 3.63) is 0 Å². The molecule has 0 atom stereocenters. The van der Waals surface area contributed by atoms with Gasteiger partial charge in [0.2, 0.25) is 0 Å². The Morgan fingerprint density at radius 3 is 1.29 bits per heavy atom. The van der Waals surface area contributed by atoms with Gasteiger partial charge in [0, 0.05) is 5.33 Å². The molecule has 2 heteroatoms. The fraction of sp³-hybridized carbons (Fsp3) is 1.00. The summed E-state index contributed by atoms with van der Waals surface area (Å²) in [5.74, 6) is 0. The van der Waals surface area contributed by atoms with Crippen LogP contribution in [0.1, 0.15) is 64.2 Å². The van der Waals surface area contributed by atoms with Crippen LogP contribution in [-0.2, 0) is 0 Å². The van der Waals surface area contributed by atoms with Crippen molar-refractivity contribution in [3.63, 3.8) is 0 Å². The zero-order valence-electron chi connectivity index (χ0n) is 9.44. The minimum absolute atomic E-state index is 0.868. The summed E-state index contributed by atoms with van der Waals surface area (Å²) in [6, 6.07) is 0. The van der Waals surface area contributed by atoms with Gasteiger partial charge in [-0.1, -0.05) is 80.0 Å². The largest absolute Gasteiger partial charge is 0.0928 e. The van der Waals surface area contributed by atoms with Gasteiger partial charge >= 0.3 is 0 Å². The lowest BCUT2D eigenvalue weighted by Crippen LogP contribution is -1.82. The van der Waals surface area contributed by atoms with Crippen LogP contribution in [0, 0.1) is 0 Å². The van der Waals surface area contributed by atoms with Crippen molar-refractivity contribution in [2.45, 2.75) is 70.5 Å². The second-order valence-corrected chi connectivity index (χ2v) is 4.81. The van der Waals surface area contributed by atoms with E-state index in [-0.39, 0.29) is 0 Å². The van der Waals surface area contributed by atoms with E-state index < -0.39 is 0 Å².